The van der Waals surface area contributed by atoms with Crippen LogP contribution in [0.3, 0.4) is 0 Å². The summed E-state index contributed by atoms with van der Waals surface area (Å²) < 4.78 is 0. The number of hydrogen-bond acceptors (Lipinski definition) is 3. The molecule has 3 nitrogen and oxygen atoms in total. The molecule has 0 unspecified atom stereocenters. The SMILES string of the molecule is CCC(O)(O)c1ccccc1.Oc1ccccc1. The molecule has 96 valence electrons. The van der Waals surface area contributed by atoms with Crippen LogP contribution < -0.4 is 0 Å². The fourth-order valence-corrected chi connectivity index (χ4v) is 1.34. The highest BCUT2D eigenvalue weighted by atomic mass is 16.5. The second-order valence-corrected chi connectivity index (χ2v) is 3.87. The van der Waals surface area contributed by atoms with Gasteiger partial charge in [0.15, 0.2) is 5.79 Å². The van der Waals surface area contributed by atoms with Crippen LogP contribution in [0.4, 0.5) is 0 Å². The Morgan fingerprint density at radius 3 is 1.61 bits per heavy atom. The maximum atomic E-state index is 9.35. The summed E-state index contributed by atoms with van der Waals surface area (Å²) in [4.78, 5) is 0. The molecular formula is C15H18O3. The number of rotatable bonds is 2. The third kappa shape index (κ3) is 4.57. The number of phenols is 1. The van der Waals surface area contributed by atoms with Crippen molar-refractivity contribution in [2.24, 2.45) is 0 Å². The third-order valence-electron chi connectivity index (χ3n) is 2.49. The van der Waals surface area contributed by atoms with Gasteiger partial charge < -0.3 is 15.3 Å². The molecule has 0 amide bonds. The molecule has 0 bridgehead atoms. The fourth-order valence-electron chi connectivity index (χ4n) is 1.34. The van der Waals surface area contributed by atoms with E-state index in [1.807, 2.05) is 12.1 Å². The van der Waals surface area contributed by atoms with E-state index in [-0.39, 0.29) is 0 Å². The van der Waals surface area contributed by atoms with Gasteiger partial charge in [0.2, 0.25) is 0 Å². The van der Waals surface area contributed by atoms with Gasteiger partial charge in [-0.2, -0.15) is 0 Å². The van der Waals surface area contributed by atoms with Crippen molar-refractivity contribution < 1.29 is 15.3 Å². The average molecular weight is 246 g/mol. The van der Waals surface area contributed by atoms with Crippen LogP contribution >= 0.6 is 0 Å². The maximum Gasteiger partial charge on any atom is 0.189 e. The highest BCUT2D eigenvalue weighted by Crippen LogP contribution is 2.20. The van der Waals surface area contributed by atoms with Crippen molar-refractivity contribution in [1.29, 1.82) is 0 Å². The largest absolute Gasteiger partial charge is 0.508 e. The summed E-state index contributed by atoms with van der Waals surface area (Å²) in [6.07, 6.45) is 0.303. The van der Waals surface area contributed by atoms with Crippen LogP contribution in [0.5, 0.6) is 5.75 Å². The molecule has 0 spiro atoms. The van der Waals surface area contributed by atoms with E-state index in [0.29, 0.717) is 17.7 Å². The Kier molecular flexibility index (Phi) is 5.36. The number of benzene rings is 2. The van der Waals surface area contributed by atoms with Gasteiger partial charge in [-0.15, -0.1) is 0 Å². The molecule has 2 rings (SSSR count). The molecule has 0 aliphatic rings. The van der Waals surface area contributed by atoms with Crippen molar-refractivity contribution in [2.45, 2.75) is 19.1 Å². The summed E-state index contributed by atoms with van der Waals surface area (Å²) in [5.74, 6) is -1.34. The normalized spacial score (nSPS) is 10.4. The number of phenolic OH excluding ortho intramolecular Hbond substituents is 1. The van der Waals surface area contributed by atoms with E-state index in [4.69, 9.17) is 5.11 Å². The van der Waals surface area contributed by atoms with Gasteiger partial charge >= 0.3 is 0 Å². The first-order chi connectivity index (χ1) is 8.56. The smallest absolute Gasteiger partial charge is 0.189 e. The Labute approximate surface area is 107 Å². The van der Waals surface area contributed by atoms with Crippen LogP contribution in [-0.2, 0) is 5.79 Å². The number of aromatic hydroxyl groups is 1. The fraction of sp³-hybridized carbons (Fsp3) is 0.200. The van der Waals surface area contributed by atoms with Crippen molar-refractivity contribution in [1.82, 2.24) is 0 Å². The van der Waals surface area contributed by atoms with E-state index in [1.165, 1.54) is 0 Å². The molecule has 0 aliphatic heterocycles. The van der Waals surface area contributed by atoms with Crippen molar-refractivity contribution in [3.8, 4) is 5.75 Å². The van der Waals surface area contributed by atoms with Gasteiger partial charge in [0.1, 0.15) is 5.75 Å². The summed E-state index contributed by atoms with van der Waals surface area (Å²) in [6.45, 7) is 1.73. The van der Waals surface area contributed by atoms with Crippen LogP contribution in [0.2, 0.25) is 0 Å². The van der Waals surface area contributed by atoms with Gasteiger partial charge in [0.25, 0.3) is 0 Å². The Balaban J connectivity index is 0.000000199. The van der Waals surface area contributed by atoms with Gasteiger partial charge in [-0.1, -0.05) is 55.5 Å². The average Bonchev–Trinajstić information content (AvgIpc) is 2.41. The zero-order chi connectivity index (χ0) is 13.4. The lowest BCUT2D eigenvalue weighted by atomic mass is 10.0. The lowest BCUT2D eigenvalue weighted by molar-refractivity contribution is -0.171. The van der Waals surface area contributed by atoms with Crippen molar-refractivity contribution in [2.75, 3.05) is 0 Å². The molecule has 18 heavy (non-hydrogen) atoms. The third-order valence-corrected chi connectivity index (χ3v) is 2.49. The minimum Gasteiger partial charge on any atom is -0.508 e. The Hall–Kier alpha value is -1.84. The van der Waals surface area contributed by atoms with E-state index in [1.54, 1.807) is 55.5 Å². The summed E-state index contributed by atoms with van der Waals surface area (Å²) >= 11 is 0. The Morgan fingerprint density at radius 1 is 0.833 bits per heavy atom. The highest BCUT2D eigenvalue weighted by molar-refractivity contribution is 5.19. The molecule has 0 saturated heterocycles. The number of aliphatic hydroxyl groups is 2. The van der Waals surface area contributed by atoms with Crippen LogP contribution in [0.1, 0.15) is 18.9 Å². The Morgan fingerprint density at radius 2 is 1.28 bits per heavy atom. The molecule has 0 atom stereocenters. The molecule has 0 radical (unpaired) electrons. The molecular weight excluding hydrogens is 228 g/mol. The summed E-state index contributed by atoms with van der Waals surface area (Å²) in [5.41, 5.74) is 0.544. The van der Waals surface area contributed by atoms with E-state index >= 15 is 0 Å². The standard InChI is InChI=1S/C9H12O2.C6H6O/c1-2-9(10,11)8-6-4-3-5-7-8;7-6-4-2-1-3-5-6/h3-7,10-11H,2H2,1H3;1-5,7H. The molecule has 2 aromatic carbocycles. The predicted octanol–water partition coefficient (Wildman–Crippen LogP) is 2.63. The second-order valence-electron chi connectivity index (χ2n) is 3.87. The lowest BCUT2D eigenvalue weighted by Crippen LogP contribution is -2.23. The van der Waals surface area contributed by atoms with Gasteiger partial charge in [-0.05, 0) is 12.1 Å². The van der Waals surface area contributed by atoms with Crippen molar-refractivity contribution in [3.05, 3.63) is 66.2 Å². The summed E-state index contributed by atoms with van der Waals surface area (Å²) in [5, 5.41) is 27.3. The molecule has 0 aliphatic carbocycles. The van der Waals surface area contributed by atoms with Crippen LogP contribution in [-0.4, -0.2) is 15.3 Å². The summed E-state index contributed by atoms with van der Waals surface area (Å²) in [7, 11) is 0. The van der Waals surface area contributed by atoms with Crippen molar-refractivity contribution in [3.63, 3.8) is 0 Å². The number of hydrogen-bond donors (Lipinski definition) is 3. The van der Waals surface area contributed by atoms with Crippen molar-refractivity contribution >= 4 is 0 Å². The first kappa shape index (κ1) is 14.2. The zero-order valence-electron chi connectivity index (χ0n) is 10.3. The Bertz CT molecular complexity index is 438. The second kappa shape index (κ2) is 6.79. The van der Waals surface area contributed by atoms with E-state index in [2.05, 4.69) is 0 Å². The molecule has 0 fully saturated rings. The first-order valence-electron chi connectivity index (χ1n) is 5.80. The molecule has 0 heterocycles. The van der Waals surface area contributed by atoms with Crippen LogP contribution in [0, 0.1) is 0 Å². The number of para-hydroxylation sites is 1. The molecule has 3 heteroatoms. The maximum absolute atomic E-state index is 9.35. The van der Waals surface area contributed by atoms with E-state index in [0.717, 1.165) is 0 Å². The molecule has 0 saturated carbocycles. The van der Waals surface area contributed by atoms with Gasteiger partial charge in [0, 0.05) is 12.0 Å². The van der Waals surface area contributed by atoms with E-state index in [9.17, 15) is 10.2 Å². The van der Waals surface area contributed by atoms with Crippen LogP contribution in [0.25, 0.3) is 0 Å². The van der Waals surface area contributed by atoms with Crippen LogP contribution in [0.15, 0.2) is 60.7 Å². The van der Waals surface area contributed by atoms with Gasteiger partial charge in [0.05, 0.1) is 0 Å². The summed E-state index contributed by atoms with van der Waals surface area (Å²) in [6, 6.07) is 17.5. The predicted molar refractivity (Wildman–Crippen MR) is 71.0 cm³/mol. The zero-order valence-corrected chi connectivity index (χ0v) is 10.3. The molecule has 2 aromatic rings. The monoisotopic (exact) mass is 246 g/mol. The molecule has 0 aromatic heterocycles. The quantitative estimate of drug-likeness (QED) is 0.714. The van der Waals surface area contributed by atoms with Gasteiger partial charge in [-0.25, -0.2) is 0 Å². The minimum absolute atomic E-state index is 0.303. The minimum atomic E-state index is -1.67. The van der Waals surface area contributed by atoms with E-state index < -0.39 is 5.79 Å². The first-order valence-corrected chi connectivity index (χ1v) is 5.80. The topological polar surface area (TPSA) is 60.7 Å². The highest BCUT2D eigenvalue weighted by Gasteiger charge is 2.21. The lowest BCUT2D eigenvalue weighted by Gasteiger charge is -2.19. The molecule has 3 N–H and O–H groups in total. The van der Waals surface area contributed by atoms with Gasteiger partial charge in [-0.3, -0.25) is 0 Å².